The van der Waals surface area contributed by atoms with Crippen LogP contribution in [0.4, 0.5) is 4.39 Å². The lowest BCUT2D eigenvalue weighted by Crippen LogP contribution is -1.91. The lowest BCUT2D eigenvalue weighted by atomic mass is 10.2. The van der Waals surface area contributed by atoms with Crippen LogP contribution in [0.2, 0.25) is 0 Å². The van der Waals surface area contributed by atoms with E-state index < -0.39 is 5.97 Å². The number of aromatic amines is 1. The summed E-state index contributed by atoms with van der Waals surface area (Å²) >= 11 is 0. The molecule has 3 aromatic rings. The highest BCUT2D eigenvalue weighted by atomic mass is 19.1. The molecule has 0 bridgehead atoms. The van der Waals surface area contributed by atoms with Crippen LogP contribution < -0.4 is 0 Å². The smallest absolute Gasteiger partial charge is 0.371 e. The van der Waals surface area contributed by atoms with Crippen molar-refractivity contribution < 1.29 is 18.7 Å². The van der Waals surface area contributed by atoms with Crippen LogP contribution in [-0.4, -0.2) is 16.1 Å². The molecule has 2 N–H and O–H groups in total. The molecule has 2 aromatic heterocycles. The maximum absolute atomic E-state index is 12.9. The van der Waals surface area contributed by atoms with Crippen LogP contribution in [0.25, 0.3) is 22.0 Å². The highest BCUT2D eigenvalue weighted by molar-refractivity contribution is 6.05. The Labute approximate surface area is 88.3 Å². The molecule has 4 nitrogen and oxygen atoms in total. The molecule has 0 atom stereocenters. The zero-order valence-corrected chi connectivity index (χ0v) is 7.95. The summed E-state index contributed by atoms with van der Waals surface area (Å²) in [6.07, 6.45) is 0. The van der Waals surface area contributed by atoms with Crippen LogP contribution in [0.5, 0.6) is 0 Å². The Kier molecular flexibility index (Phi) is 1.60. The van der Waals surface area contributed by atoms with Crippen LogP contribution in [0.3, 0.4) is 0 Å². The van der Waals surface area contributed by atoms with E-state index in [1.165, 1.54) is 18.2 Å². The van der Waals surface area contributed by atoms with Gasteiger partial charge in [0.25, 0.3) is 0 Å². The second kappa shape index (κ2) is 2.85. The molecule has 0 aliphatic heterocycles. The third-order valence-electron chi connectivity index (χ3n) is 2.44. The summed E-state index contributed by atoms with van der Waals surface area (Å²) in [7, 11) is 0. The summed E-state index contributed by atoms with van der Waals surface area (Å²) < 4.78 is 18.1. The SMILES string of the molecule is O=C(O)c1cc2[nH]c3cc(F)ccc3c2o1. The van der Waals surface area contributed by atoms with Crippen molar-refractivity contribution in [2.24, 2.45) is 0 Å². The lowest BCUT2D eigenvalue weighted by Gasteiger charge is -1.90. The maximum atomic E-state index is 12.9. The highest BCUT2D eigenvalue weighted by Gasteiger charge is 2.14. The van der Waals surface area contributed by atoms with E-state index in [4.69, 9.17) is 9.52 Å². The van der Waals surface area contributed by atoms with E-state index in [1.807, 2.05) is 0 Å². The van der Waals surface area contributed by atoms with Gasteiger partial charge in [-0.15, -0.1) is 0 Å². The molecule has 80 valence electrons. The van der Waals surface area contributed by atoms with Gasteiger partial charge in [0, 0.05) is 11.5 Å². The van der Waals surface area contributed by atoms with Gasteiger partial charge < -0.3 is 14.5 Å². The van der Waals surface area contributed by atoms with Crippen molar-refractivity contribution in [1.29, 1.82) is 0 Å². The molecule has 0 amide bonds. The second-order valence-corrected chi connectivity index (χ2v) is 3.47. The predicted octanol–water partition coefficient (Wildman–Crippen LogP) is 2.75. The van der Waals surface area contributed by atoms with Crippen LogP contribution >= 0.6 is 0 Å². The van der Waals surface area contributed by atoms with Gasteiger partial charge in [-0.05, 0) is 18.2 Å². The first-order valence-corrected chi connectivity index (χ1v) is 4.59. The summed E-state index contributed by atoms with van der Waals surface area (Å²) in [6, 6.07) is 5.58. The Balaban J connectivity index is 2.38. The molecule has 16 heavy (non-hydrogen) atoms. The third-order valence-corrected chi connectivity index (χ3v) is 2.44. The number of carbonyl (C=O) groups is 1. The molecule has 5 heteroatoms. The van der Waals surface area contributed by atoms with Gasteiger partial charge in [-0.25, -0.2) is 9.18 Å². The number of nitrogens with one attached hydrogen (secondary N) is 1. The zero-order valence-electron chi connectivity index (χ0n) is 7.95. The first-order valence-electron chi connectivity index (χ1n) is 4.59. The Morgan fingerprint density at radius 3 is 2.88 bits per heavy atom. The van der Waals surface area contributed by atoms with E-state index in [2.05, 4.69) is 4.98 Å². The molecule has 0 saturated carbocycles. The minimum atomic E-state index is -1.13. The lowest BCUT2D eigenvalue weighted by molar-refractivity contribution is 0.0665. The number of halogens is 1. The van der Waals surface area contributed by atoms with Gasteiger partial charge in [-0.3, -0.25) is 0 Å². The normalized spacial score (nSPS) is 11.3. The average Bonchev–Trinajstić information content (AvgIpc) is 2.73. The number of H-pyrrole nitrogens is 1. The van der Waals surface area contributed by atoms with Crippen LogP contribution in [0.15, 0.2) is 28.7 Å². The largest absolute Gasteiger partial charge is 0.475 e. The molecule has 0 unspecified atom stereocenters. The first kappa shape index (κ1) is 8.96. The summed E-state index contributed by atoms with van der Waals surface area (Å²) in [6.45, 7) is 0. The Morgan fingerprint density at radius 1 is 1.31 bits per heavy atom. The van der Waals surface area contributed by atoms with Gasteiger partial charge in [0.2, 0.25) is 5.76 Å². The summed E-state index contributed by atoms with van der Waals surface area (Å²) in [4.78, 5) is 13.6. The van der Waals surface area contributed by atoms with Crippen LogP contribution in [0.1, 0.15) is 10.6 Å². The monoisotopic (exact) mass is 219 g/mol. The van der Waals surface area contributed by atoms with Gasteiger partial charge in [0.1, 0.15) is 5.82 Å². The molecule has 2 heterocycles. The van der Waals surface area contributed by atoms with E-state index in [-0.39, 0.29) is 11.6 Å². The molecule has 0 aliphatic rings. The van der Waals surface area contributed by atoms with E-state index in [9.17, 15) is 9.18 Å². The topological polar surface area (TPSA) is 66.2 Å². The molecule has 1 aromatic carbocycles. The summed E-state index contributed by atoms with van der Waals surface area (Å²) in [5.74, 6) is -1.61. The van der Waals surface area contributed by atoms with Crippen LogP contribution in [-0.2, 0) is 0 Å². The minimum absolute atomic E-state index is 0.132. The molecule has 0 saturated heterocycles. The quantitative estimate of drug-likeness (QED) is 0.661. The number of furan rings is 1. The predicted molar refractivity (Wildman–Crippen MR) is 55.0 cm³/mol. The van der Waals surface area contributed by atoms with E-state index in [0.29, 0.717) is 22.0 Å². The molecular weight excluding hydrogens is 213 g/mol. The molecule has 0 spiro atoms. The Hall–Kier alpha value is -2.30. The fraction of sp³-hybridized carbons (Fsp3) is 0. The van der Waals surface area contributed by atoms with Gasteiger partial charge in [-0.1, -0.05) is 0 Å². The van der Waals surface area contributed by atoms with Crippen molar-refractivity contribution in [3.63, 3.8) is 0 Å². The van der Waals surface area contributed by atoms with E-state index in [0.717, 1.165) is 0 Å². The number of fused-ring (bicyclic) bond motifs is 3. The van der Waals surface area contributed by atoms with Crippen molar-refractivity contribution in [3.8, 4) is 0 Å². The number of carboxylic acids is 1. The molecular formula is C11H6FNO3. The van der Waals surface area contributed by atoms with Gasteiger partial charge in [-0.2, -0.15) is 0 Å². The maximum Gasteiger partial charge on any atom is 0.371 e. The van der Waals surface area contributed by atoms with Gasteiger partial charge in [0.05, 0.1) is 11.0 Å². The van der Waals surface area contributed by atoms with Gasteiger partial charge in [0.15, 0.2) is 5.58 Å². The summed E-state index contributed by atoms with van der Waals surface area (Å²) in [5, 5.41) is 9.42. The van der Waals surface area contributed by atoms with Crippen molar-refractivity contribution in [2.75, 3.05) is 0 Å². The molecule has 3 rings (SSSR count). The van der Waals surface area contributed by atoms with E-state index in [1.54, 1.807) is 6.07 Å². The van der Waals surface area contributed by atoms with Gasteiger partial charge >= 0.3 is 5.97 Å². The number of hydrogen-bond donors (Lipinski definition) is 2. The van der Waals surface area contributed by atoms with Crippen molar-refractivity contribution in [2.45, 2.75) is 0 Å². The fourth-order valence-electron chi connectivity index (χ4n) is 1.75. The van der Waals surface area contributed by atoms with Crippen molar-refractivity contribution in [1.82, 2.24) is 4.98 Å². The Morgan fingerprint density at radius 2 is 2.12 bits per heavy atom. The number of rotatable bonds is 1. The standard InChI is InChI=1S/C11H6FNO3/c12-5-1-2-6-7(3-5)13-8-4-9(11(14)15)16-10(6)8/h1-4,13H,(H,14,15). The van der Waals surface area contributed by atoms with E-state index >= 15 is 0 Å². The molecule has 0 fully saturated rings. The highest BCUT2D eigenvalue weighted by Crippen LogP contribution is 2.28. The molecule has 0 radical (unpaired) electrons. The Bertz CT molecular complexity index is 710. The minimum Gasteiger partial charge on any atom is -0.475 e. The van der Waals surface area contributed by atoms with Crippen molar-refractivity contribution in [3.05, 3.63) is 35.8 Å². The first-order chi connectivity index (χ1) is 7.65. The number of carboxylic acid groups (broad SMARTS) is 1. The number of benzene rings is 1. The van der Waals surface area contributed by atoms with Crippen molar-refractivity contribution >= 4 is 28.0 Å². The third kappa shape index (κ3) is 1.11. The average molecular weight is 219 g/mol. The number of aromatic nitrogens is 1. The zero-order chi connectivity index (χ0) is 11.3. The second-order valence-electron chi connectivity index (χ2n) is 3.47. The summed E-state index contributed by atoms with van der Waals surface area (Å²) in [5.41, 5.74) is 1.58. The fourth-order valence-corrected chi connectivity index (χ4v) is 1.75. The number of aromatic carboxylic acids is 1. The number of hydrogen-bond acceptors (Lipinski definition) is 2. The van der Waals surface area contributed by atoms with Crippen LogP contribution in [0, 0.1) is 5.82 Å². The molecule has 0 aliphatic carbocycles.